The number of hydrogen-bond acceptors (Lipinski definition) is 5. The predicted octanol–water partition coefficient (Wildman–Crippen LogP) is 6.53. The van der Waals surface area contributed by atoms with Crippen molar-refractivity contribution < 1.29 is 13.9 Å². The third kappa shape index (κ3) is 5.03. The fraction of sp³-hybridized carbons (Fsp3) is 0.108. The molecule has 4 aromatic carbocycles. The maximum atomic E-state index is 14.4. The number of benzene rings is 4. The van der Waals surface area contributed by atoms with Crippen LogP contribution in [0.1, 0.15) is 35.2 Å². The third-order valence-corrected chi connectivity index (χ3v) is 8.96. The molecule has 1 aliphatic heterocycles. The lowest BCUT2D eigenvalue weighted by molar-refractivity contribution is -0.138. The number of H-pyrrole nitrogens is 1. The van der Waals surface area contributed by atoms with Crippen LogP contribution in [0.3, 0.4) is 0 Å². The Morgan fingerprint density at radius 1 is 0.956 bits per heavy atom. The van der Waals surface area contributed by atoms with Crippen molar-refractivity contribution in [3.8, 4) is 11.3 Å². The van der Waals surface area contributed by atoms with E-state index in [1.165, 1.54) is 28.0 Å². The van der Waals surface area contributed by atoms with Crippen molar-refractivity contribution in [3.63, 3.8) is 0 Å². The smallest absolute Gasteiger partial charge is 0.338 e. The lowest BCUT2D eigenvalue weighted by Gasteiger charge is -2.25. The van der Waals surface area contributed by atoms with Gasteiger partial charge in [0.25, 0.3) is 5.56 Å². The summed E-state index contributed by atoms with van der Waals surface area (Å²) in [5, 5.41) is 0.993. The van der Waals surface area contributed by atoms with Gasteiger partial charge in [-0.3, -0.25) is 9.36 Å². The quantitative estimate of drug-likeness (QED) is 0.217. The van der Waals surface area contributed by atoms with Gasteiger partial charge in [0.05, 0.1) is 34.1 Å². The zero-order valence-corrected chi connectivity index (χ0v) is 25.4. The van der Waals surface area contributed by atoms with Gasteiger partial charge in [-0.25, -0.2) is 14.2 Å². The summed E-state index contributed by atoms with van der Waals surface area (Å²) in [5.74, 6) is -0.999. The van der Waals surface area contributed by atoms with Gasteiger partial charge in [-0.05, 0) is 48.7 Å². The topological polar surface area (TPSA) is 76.4 Å². The predicted molar refractivity (Wildman–Crippen MR) is 176 cm³/mol. The van der Waals surface area contributed by atoms with Crippen LogP contribution in [0.4, 0.5) is 4.39 Å². The minimum Gasteiger partial charge on any atom is -0.463 e. The Kier molecular flexibility index (Phi) is 7.35. The van der Waals surface area contributed by atoms with E-state index in [9.17, 15) is 14.0 Å². The molecule has 1 atom stereocenters. The summed E-state index contributed by atoms with van der Waals surface area (Å²) in [6, 6.07) is 30.4. The fourth-order valence-corrected chi connectivity index (χ4v) is 6.88. The minimum absolute atomic E-state index is 0.146. The largest absolute Gasteiger partial charge is 0.463 e. The summed E-state index contributed by atoms with van der Waals surface area (Å²) >= 11 is 1.26. The van der Waals surface area contributed by atoms with Crippen molar-refractivity contribution >= 4 is 40.0 Å². The highest BCUT2D eigenvalue weighted by Crippen LogP contribution is 2.36. The number of thiazole rings is 1. The molecule has 0 unspecified atom stereocenters. The van der Waals surface area contributed by atoms with Crippen LogP contribution in [0, 0.1) is 12.7 Å². The number of para-hydroxylation sites is 1. The number of carbonyl (C=O) groups excluding carboxylic acids is 1. The Hall–Kier alpha value is -5.34. The number of nitrogens with zero attached hydrogens (tertiary/aromatic N) is 2. The van der Waals surface area contributed by atoms with Crippen LogP contribution in [0.25, 0.3) is 33.9 Å². The van der Waals surface area contributed by atoms with E-state index in [0.29, 0.717) is 26.2 Å². The van der Waals surface area contributed by atoms with Crippen LogP contribution in [0.15, 0.2) is 118 Å². The van der Waals surface area contributed by atoms with Gasteiger partial charge >= 0.3 is 5.97 Å². The van der Waals surface area contributed by atoms with E-state index in [1.807, 2.05) is 78.9 Å². The van der Waals surface area contributed by atoms with Crippen molar-refractivity contribution in [1.29, 1.82) is 0 Å². The molecule has 0 saturated carbocycles. The van der Waals surface area contributed by atoms with Crippen LogP contribution >= 0.6 is 11.3 Å². The summed E-state index contributed by atoms with van der Waals surface area (Å²) in [5.41, 5.74) is 6.49. The first-order chi connectivity index (χ1) is 21.9. The maximum Gasteiger partial charge on any atom is 0.338 e. The molecule has 3 heterocycles. The first-order valence-corrected chi connectivity index (χ1v) is 15.5. The number of rotatable bonds is 6. The van der Waals surface area contributed by atoms with Gasteiger partial charge in [-0.2, -0.15) is 0 Å². The van der Waals surface area contributed by atoms with Crippen molar-refractivity contribution in [2.75, 3.05) is 6.61 Å². The molecule has 0 saturated heterocycles. The van der Waals surface area contributed by atoms with Crippen LogP contribution in [0.5, 0.6) is 0 Å². The summed E-state index contributed by atoms with van der Waals surface area (Å²) in [6.07, 6.45) is 1.91. The van der Waals surface area contributed by atoms with Gasteiger partial charge < -0.3 is 9.72 Å². The molecule has 2 aromatic heterocycles. The molecular formula is C37H28FN3O3S. The van der Waals surface area contributed by atoms with E-state index in [1.54, 1.807) is 19.1 Å². The van der Waals surface area contributed by atoms with Gasteiger partial charge in [0.2, 0.25) is 0 Å². The highest BCUT2D eigenvalue weighted by molar-refractivity contribution is 7.07. The number of hydrogen-bond donors (Lipinski definition) is 1. The normalized spacial score (nSPS) is 14.8. The van der Waals surface area contributed by atoms with Crippen LogP contribution in [-0.4, -0.2) is 22.1 Å². The number of halogens is 1. The van der Waals surface area contributed by atoms with Crippen molar-refractivity contribution in [2.24, 2.45) is 4.99 Å². The number of esters is 1. The van der Waals surface area contributed by atoms with E-state index in [0.717, 1.165) is 33.3 Å². The van der Waals surface area contributed by atoms with E-state index < -0.39 is 17.8 Å². The van der Waals surface area contributed by atoms with Gasteiger partial charge in [0, 0.05) is 22.0 Å². The number of carbonyl (C=O) groups is 1. The molecule has 0 aliphatic carbocycles. The second-order valence-corrected chi connectivity index (χ2v) is 11.8. The first kappa shape index (κ1) is 28.4. The highest BCUT2D eigenvalue weighted by atomic mass is 32.1. The van der Waals surface area contributed by atoms with E-state index >= 15 is 0 Å². The number of ether oxygens (including phenoxy) is 1. The second kappa shape index (κ2) is 11.6. The third-order valence-electron chi connectivity index (χ3n) is 7.98. The molecule has 1 N–H and O–H groups in total. The SMILES string of the molecule is CCOC(=O)C1=C(c2ccccc2)N=c2s/c(=C\c3c(-c4ccccc4)[nH]c4c(C)cccc34)c(=O)n2[C@H]1c1ccc(F)cc1. The number of fused-ring (bicyclic) bond motifs is 2. The summed E-state index contributed by atoms with van der Waals surface area (Å²) < 4.78 is 21.6. The molecular weight excluding hydrogens is 585 g/mol. The minimum atomic E-state index is -0.878. The van der Waals surface area contributed by atoms with Gasteiger partial charge in [0.15, 0.2) is 4.80 Å². The summed E-state index contributed by atoms with van der Waals surface area (Å²) in [4.78, 5) is 37.0. The average molecular weight is 614 g/mol. The molecule has 0 amide bonds. The number of nitrogens with one attached hydrogen (secondary N) is 1. The number of aryl methyl sites for hydroxylation is 1. The Bertz CT molecular complexity index is 2280. The van der Waals surface area contributed by atoms with Crippen molar-refractivity contribution in [3.05, 3.63) is 156 Å². The fourth-order valence-electron chi connectivity index (χ4n) is 5.90. The number of aromatic nitrogens is 2. The molecule has 0 bridgehead atoms. The molecule has 0 radical (unpaired) electrons. The lowest BCUT2D eigenvalue weighted by Crippen LogP contribution is -2.40. The van der Waals surface area contributed by atoms with Crippen LogP contribution in [0.2, 0.25) is 0 Å². The van der Waals surface area contributed by atoms with Gasteiger partial charge in [-0.1, -0.05) is 102 Å². The highest BCUT2D eigenvalue weighted by Gasteiger charge is 2.35. The van der Waals surface area contributed by atoms with E-state index in [-0.39, 0.29) is 17.7 Å². The molecule has 0 fully saturated rings. The van der Waals surface area contributed by atoms with Crippen molar-refractivity contribution in [2.45, 2.75) is 19.9 Å². The molecule has 45 heavy (non-hydrogen) atoms. The van der Waals surface area contributed by atoms with E-state index in [4.69, 9.17) is 9.73 Å². The van der Waals surface area contributed by atoms with Crippen LogP contribution < -0.4 is 14.9 Å². The molecule has 8 heteroatoms. The Morgan fingerprint density at radius 2 is 1.64 bits per heavy atom. The average Bonchev–Trinajstić information content (AvgIpc) is 3.59. The number of aromatic amines is 1. The molecule has 6 aromatic rings. The standard InChI is InChI=1S/C37H28FN3O3S/c1-3-44-36(43)30-33(24-14-8-5-9-15-24)40-37-41(34(30)25-17-19-26(38)20-18-25)35(42)29(45-37)21-28-27-16-10-11-22(2)31(27)39-32(28)23-12-6-4-7-13-23/h4-21,34,39H,3H2,1-2H3/b29-21-/t34-/m0/s1. The lowest BCUT2D eigenvalue weighted by atomic mass is 9.93. The first-order valence-electron chi connectivity index (χ1n) is 14.6. The second-order valence-electron chi connectivity index (χ2n) is 10.8. The Labute approximate surface area is 262 Å². The van der Waals surface area contributed by atoms with Gasteiger partial charge in [-0.15, -0.1) is 0 Å². The zero-order chi connectivity index (χ0) is 31.1. The maximum absolute atomic E-state index is 14.4. The molecule has 222 valence electrons. The molecule has 1 aliphatic rings. The Balaban J connectivity index is 1.54. The summed E-state index contributed by atoms with van der Waals surface area (Å²) in [6.45, 7) is 3.93. The zero-order valence-electron chi connectivity index (χ0n) is 24.6. The van der Waals surface area contributed by atoms with Gasteiger partial charge in [0.1, 0.15) is 5.82 Å². The van der Waals surface area contributed by atoms with Crippen LogP contribution in [-0.2, 0) is 9.53 Å². The Morgan fingerprint density at radius 3 is 2.33 bits per heavy atom. The molecule has 0 spiro atoms. The monoisotopic (exact) mass is 613 g/mol. The molecule has 7 rings (SSSR count). The van der Waals surface area contributed by atoms with E-state index in [2.05, 4.69) is 18.0 Å². The summed E-state index contributed by atoms with van der Waals surface area (Å²) in [7, 11) is 0. The van der Waals surface area contributed by atoms with Crippen molar-refractivity contribution in [1.82, 2.24) is 9.55 Å². The molecule has 6 nitrogen and oxygen atoms in total.